The predicted octanol–water partition coefficient (Wildman–Crippen LogP) is 2.25. The van der Waals surface area contributed by atoms with Crippen molar-refractivity contribution in [2.75, 3.05) is 5.75 Å². The van der Waals surface area contributed by atoms with Crippen molar-refractivity contribution in [3.8, 4) is 5.40 Å². The minimum absolute atomic E-state index is 0.732. The zero-order valence-corrected chi connectivity index (χ0v) is 6.16. The second-order valence-electron chi connectivity index (χ2n) is 2.12. The van der Waals surface area contributed by atoms with Crippen LogP contribution in [0, 0.1) is 16.6 Å². The van der Waals surface area contributed by atoms with Crippen LogP contribution in [-0.2, 0) is 0 Å². The van der Waals surface area contributed by atoms with Crippen LogP contribution in [-0.4, -0.2) is 5.75 Å². The van der Waals surface area contributed by atoms with Gasteiger partial charge in [-0.15, -0.1) is 0 Å². The van der Waals surface area contributed by atoms with Crippen molar-refractivity contribution in [1.29, 1.82) is 5.26 Å². The molecule has 0 aliphatic heterocycles. The highest BCUT2D eigenvalue weighted by atomic mass is 32.2. The third kappa shape index (κ3) is 5.84. The Morgan fingerprint density at radius 1 is 1.62 bits per heavy atom. The van der Waals surface area contributed by atoms with Gasteiger partial charge < -0.3 is 0 Å². The van der Waals surface area contributed by atoms with E-state index in [0.717, 1.165) is 18.1 Å². The first-order chi connectivity index (χ1) is 3.77. The van der Waals surface area contributed by atoms with Crippen LogP contribution >= 0.6 is 11.8 Å². The Morgan fingerprint density at radius 3 is 2.62 bits per heavy atom. The average molecular weight is 129 g/mol. The Kier molecular flexibility index (Phi) is 4.89. The predicted molar refractivity (Wildman–Crippen MR) is 37.5 cm³/mol. The number of rotatable bonds is 3. The molecule has 0 fully saturated rings. The third-order valence-corrected chi connectivity index (χ3v) is 1.43. The second kappa shape index (κ2) is 4.99. The Labute approximate surface area is 55.1 Å². The molecule has 0 N–H and O–H groups in total. The standard InChI is InChI=1S/C6H11NS/c1-6(2)3-4-8-5-7/h6H,3-4H2,1-2H3. The van der Waals surface area contributed by atoms with Crippen LogP contribution in [0.25, 0.3) is 0 Å². The molecule has 0 aromatic rings. The lowest BCUT2D eigenvalue weighted by molar-refractivity contribution is 0.632. The highest BCUT2D eigenvalue weighted by molar-refractivity contribution is 8.03. The molecule has 0 aromatic carbocycles. The van der Waals surface area contributed by atoms with Gasteiger partial charge in [-0.3, -0.25) is 0 Å². The van der Waals surface area contributed by atoms with Gasteiger partial charge >= 0.3 is 0 Å². The lowest BCUT2D eigenvalue weighted by atomic mass is 10.2. The highest BCUT2D eigenvalue weighted by Crippen LogP contribution is 2.05. The SMILES string of the molecule is CC(C)CCSC#N. The third-order valence-electron chi connectivity index (χ3n) is 0.862. The maximum atomic E-state index is 8.09. The van der Waals surface area contributed by atoms with E-state index in [-0.39, 0.29) is 0 Å². The highest BCUT2D eigenvalue weighted by Gasteiger charge is 1.91. The topological polar surface area (TPSA) is 23.8 Å². The summed E-state index contributed by atoms with van der Waals surface area (Å²) < 4.78 is 0. The van der Waals surface area contributed by atoms with E-state index >= 15 is 0 Å². The zero-order chi connectivity index (χ0) is 6.41. The summed E-state index contributed by atoms with van der Waals surface area (Å²) in [6, 6.07) is 0. The fourth-order valence-electron chi connectivity index (χ4n) is 0.340. The van der Waals surface area contributed by atoms with Gasteiger partial charge in [0.05, 0.1) is 0 Å². The van der Waals surface area contributed by atoms with Crippen LogP contribution in [0.2, 0.25) is 0 Å². The maximum absolute atomic E-state index is 8.09. The smallest absolute Gasteiger partial charge is 0.133 e. The van der Waals surface area contributed by atoms with Gasteiger partial charge in [0.2, 0.25) is 0 Å². The maximum Gasteiger partial charge on any atom is 0.133 e. The van der Waals surface area contributed by atoms with Crippen molar-refractivity contribution >= 4 is 11.8 Å². The fourth-order valence-corrected chi connectivity index (χ4v) is 1.02. The number of hydrogen-bond donors (Lipinski definition) is 0. The van der Waals surface area contributed by atoms with Gasteiger partial charge in [0, 0.05) is 5.75 Å². The van der Waals surface area contributed by atoms with E-state index in [1.165, 1.54) is 11.8 Å². The Hall–Kier alpha value is -0.160. The molecule has 0 bridgehead atoms. The molecule has 1 nitrogen and oxygen atoms in total. The Bertz CT molecular complexity index is 83.0. The molecule has 0 spiro atoms. The van der Waals surface area contributed by atoms with Crippen LogP contribution in [0.3, 0.4) is 0 Å². The molecule has 0 atom stereocenters. The van der Waals surface area contributed by atoms with E-state index in [2.05, 4.69) is 13.8 Å². The van der Waals surface area contributed by atoms with Gasteiger partial charge in [0.25, 0.3) is 0 Å². The van der Waals surface area contributed by atoms with Crippen LogP contribution in [0.5, 0.6) is 0 Å². The van der Waals surface area contributed by atoms with Gasteiger partial charge in [0.1, 0.15) is 5.40 Å². The van der Waals surface area contributed by atoms with Crippen molar-refractivity contribution in [1.82, 2.24) is 0 Å². The normalized spacial score (nSPS) is 9.25. The lowest BCUT2D eigenvalue weighted by Crippen LogP contribution is -1.87. The molecule has 0 unspecified atom stereocenters. The molecule has 0 aromatic heterocycles. The van der Waals surface area contributed by atoms with Crippen molar-refractivity contribution in [3.05, 3.63) is 0 Å². The van der Waals surface area contributed by atoms with Crippen LogP contribution in [0.4, 0.5) is 0 Å². The second-order valence-corrected chi connectivity index (χ2v) is 3.00. The van der Waals surface area contributed by atoms with Crippen molar-refractivity contribution in [2.24, 2.45) is 5.92 Å². The molecule has 0 amide bonds. The minimum atomic E-state index is 0.732. The van der Waals surface area contributed by atoms with Crippen LogP contribution < -0.4 is 0 Å². The minimum Gasteiger partial charge on any atom is -0.185 e. The molecule has 0 heterocycles. The van der Waals surface area contributed by atoms with E-state index in [0.29, 0.717) is 0 Å². The summed E-state index contributed by atoms with van der Waals surface area (Å²) in [5.41, 5.74) is 0. The zero-order valence-electron chi connectivity index (χ0n) is 5.35. The number of thiocyanates is 1. The number of nitrogens with zero attached hydrogens (tertiary/aromatic N) is 1. The van der Waals surface area contributed by atoms with Crippen LogP contribution in [0.1, 0.15) is 20.3 Å². The molecular weight excluding hydrogens is 118 g/mol. The van der Waals surface area contributed by atoms with E-state index in [1.54, 1.807) is 0 Å². The molecule has 46 valence electrons. The summed E-state index contributed by atoms with van der Waals surface area (Å²) in [6.45, 7) is 4.33. The lowest BCUT2D eigenvalue weighted by Gasteiger charge is -1.97. The summed E-state index contributed by atoms with van der Waals surface area (Å²) in [6.07, 6.45) is 1.15. The van der Waals surface area contributed by atoms with Gasteiger partial charge in [-0.25, -0.2) is 0 Å². The van der Waals surface area contributed by atoms with Crippen molar-refractivity contribution in [2.45, 2.75) is 20.3 Å². The molecule has 0 saturated carbocycles. The summed E-state index contributed by atoms with van der Waals surface area (Å²) in [4.78, 5) is 0. The van der Waals surface area contributed by atoms with Gasteiger partial charge in [-0.1, -0.05) is 13.8 Å². The summed E-state index contributed by atoms with van der Waals surface area (Å²) >= 11 is 1.34. The number of thioether (sulfide) groups is 1. The fraction of sp³-hybridized carbons (Fsp3) is 0.833. The molecule has 0 radical (unpaired) electrons. The van der Waals surface area contributed by atoms with E-state index in [9.17, 15) is 0 Å². The van der Waals surface area contributed by atoms with Crippen LogP contribution in [0.15, 0.2) is 0 Å². The first kappa shape index (κ1) is 7.84. The molecule has 0 rings (SSSR count). The summed E-state index contributed by atoms with van der Waals surface area (Å²) in [5, 5.41) is 10.1. The first-order valence-corrected chi connectivity index (χ1v) is 3.76. The summed E-state index contributed by atoms with van der Waals surface area (Å²) in [7, 11) is 0. The number of hydrogen-bond acceptors (Lipinski definition) is 2. The largest absolute Gasteiger partial charge is 0.185 e. The molecule has 0 aliphatic rings. The molecule has 0 saturated heterocycles. The van der Waals surface area contributed by atoms with E-state index in [4.69, 9.17) is 5.26 Å². The van der Waals surface area contributed by atoms with E-state index < -0.39 is 0 Å². The van der Waals surface area contributed by atoms with Crippen molar-refractivity contribution < 1.29 is 0 Å². The molecule has 8 heavy (non-hydrogen) atoms. The van der Waals surface area contributed by atoms with Gasteiger partial charge in [-0.05, 0) is 24.1 Å². The Morgan fingerprint density at radius 2 is 2.25 bits per heavy atom. The average Bonchev–Trinajstić information content (AvgIpc) is 1.66. The molecular formula is C6H11NS. The van der Waals surface area contributed by atoms with E-state index in [1.807, 2.05) is 5.40 Å². The quantitative estimate of drug-likeness (QED) is 0.431. The molecule has 2 heteroatoms. The van der Waals surface area contributed by atoms with Gasteiger partial charge in [0.15, 0.2) is 0 Å². The molecule has 0 aliphatic carbocycles. The summed E-state index contributed by atoms with van der Waals surface area (Å²) in [5.74, 6) is 1.71. The first-order valence-electron chi connectivity index (χ1n) is 2.78. The van der Waals surface area contributed by atoms with Gasteiger partial charge in [-0.2, -0.15) is 5.26 Å². The van der Waals surface area contributed by atoms with Crippen molar-refractivity contribution in [3.63, 3.8) is 0 Å². The monoisotopic (exact) mass is 129 g/mol. The Balaban J connectivity index is 2.85. The number of nitriles is 1.